The van der Waals surface area contributed by atoms with Gasteiger partial charge in [0.15, 0.2) is 0 Å². The van der Waals surface area contributed by atoms with Crippen LogP contribution in [0, 0.1) is 5.92 Å². The summed E-state index contributed by atoms with van der Waals surface area (Å²) >= 11 is 0. The Labute approximate surface area is 186 Å². The zero-order valence-electron chi connectivity index (χ0n) is 18.9. The predicted molar refractivity (Wildman–Crippen MR) is 123 cm³/mol. The molecule has 2 aliphatic carbocycles. The average molecular weight is 420 g/mol. The van der Waals surface area contributed by atoms with E-state index in [2.05, 4.69) is 37.2 Å². The number of hydroxylamine groups is 1. The molecule has 0 spiro atoms. The van der Waals surface area contributed by atoms with E-state index in [1.807, 2.05) is 18.2 Å². The van der Waals surface area contributed by atoms with Gasteiger partial charge < -0.3 is 20.2 Å². The minimum absolute atomic E-state index is 0.0653. The van der Waals surface area contributed by atoms with Gasteiger partial charge in [0.05, 0.1) is 16.6 Å². The quantitative estimate of drug-likeness (QED) is 0.323. The molecule has 3 rings (SSSR count). The molecule has 0 bridgehead atoms. The largest absolute Gasteiger partial charge is 0.452 e. The number of hydrogen-bond acceptors (Lipinski definition) is 6. The first kappa shape index (κ1) is 23.5. The first-order valence-corrected chi connectivity index (χ1v) is 10.4. The molecule has 2 radical (unpaired) electrons. The lowest BCUT2D eigenvalue weighted by Gasteiger charge is -2.36. The van der Waals surface area contributed by atoms with E-state index in [9.17, 15) is 9.82 Å². The fourth-order valence-electron chi connectivity index (χ4n) is 3.96. The summed E-state index contributed by atoms with van der Waals surface area (Å²) in [6.07, 6.45) is 5.07. The highest BCUT2D eigenvalue weighted by Gasteiger charge is 2.47. The van der Waals surface area contributed by atoms with Crippen LogP contribution in [0.15, 0.2) is 54.3 Å². The molecule has 8 heteroatoms. The molecule has 0 saturated heterocycles. The first-order valence-electron chi connectivity index (χ1n) is 10.4. The molecule has 2 atom stereocenters. The van der Waals surface area contributed by atoms with Crippen molar-refractivity contribution >= 4 is 26.3 Å². The SMILES string of the molecule is C=C(N)C(=O)C(C)(C)O[B]C(C)(C)ONC1([B]O)C2=C(CC(C)C=C2)c2ccccc21. The smallest absolute Gasteiger partial charge is 0.331 e. The molecule has 162 valence electrons. The summed E-state index contributed by atoms with van der Waals surface area (Å²) in [5.41, 5.74) is 9.61. The summed E-state index contributed by atoms with van der Waals surface area (Å²) in [5, 5.41) is 10.4. The van der Waals surface area contributed by atoms with Crippen LogP contribution >= 0.6 is 0 Å². The standard InChI is InChI=1S/C23H30B2N2O4/c1-14-11-12-19-17(13-14)16-9-7-8-10-18(16)23(19,24-29)27-31-22(5,6)25-30-21(3,4)20(28)15(2)26/h7-12,14,27,29H,2,13,26H2,1,3-6H3. The van der Waals surface area contributed by atoms with Gasteiger partial charge in [-0.05, 0) is 62.3 Å². The van der Waals surface area contributed by atoms with Gasteiger partial charge in [0.2, 0.25) is 5.78 Å². The Morgan fingerprint density at radius 3 is 2.65 bits per heavy atom. The van der Waals surface area contributed by atoms with E-state index in [4.69, 9.17) is 15.2 Å². The van der Waals surface area contributed by atoms with Crippen molar-refractivity contribution in [2.24, 2.45) is 11.7 Å². The minimum Gasteiger partial charge on any atom is -0.452 e. The van der Waals surface area contributed by atoms with E-state index >= 15 is 0 Å². The van der Waals surface area contributed by atoms with Crippen molar-refractivity contribution < 1.29 is 19.3 Å². The Balaban J connectivity index is 1.81. The van der Waals surface area contributed by atoms with Crippen LogP contribution in [0.3, 0.4) is 0 Å². The number of carbonyl (C=O) groups excluding carboxylic acids is 1. The van der Waals surface area contributed by atoms with Gasteiger partial charge in [-0.25, -0.2) is 0 Å². The Kier molecular flexibility index (Phi) is 6.40. The molecule has 0 saturated carbocycles. The van der Waals surface area contributed by atoms with E-state index in [-0.39, 0.29) is 5.70 Å². The lowest BCUT2D eigenvalue weighted by atomic mass is 9.64. The molecule has 1 aromatic rings. The van der Waals surface area contributed by atoms with Crippen LogP contribution in [0.4, 0.5) is 0 Å². The number of nitrogens with two attached hydrogens (primary N) is 1. The molecule has 0 aliphatic heterocycles. The number of nitrogens with one attached hydrogen (secondary N) is 1. The number of rotatable bonds is 9. The third-order valence-electron chi connectivity index (χ3n) is 5.69. The molecule has 4 N–H and O–H groups in total. The normalized spacial score (nSPS) is 22.7. The number of allylic oxidation sites excluding steroid dienone is 2. The second kappa shape index (κ2) is 8.43. The summed E-state index contributed by atoms with van der Waals surface area (Å²) in [5.74, 6) is 0.0195. The molecule has 1 aromatic carbocycles. The molecular formula is C23H30B2N2O4. The monoisotopic (exact) mass is 420 g/mol. The van der Waals surface area contributed by atoms with Crippen LogP contribution in [0.5, 0.6) is 0 Å². The molecule has 0 heterocycles. The summed E-state index contributed by atoms with van der Waals surface area (Å²) in [4.78, 5) is 18.2. The summed E-state index contributed by atoms with van der Waals surface area (Å²) in [6.45, 7) is 12.5. The van der Waals surface area contributed by atoms with Crippen molar-refractivity contribution in [3.05, 3.63) is 65.4 Å². The fourth-order valence-corrected chi connectivity index (χ4v) is 3.96. The Morgan fingerprint density at radius 2 is 2.00 bits per heavy atom. The van der Waals surface area contributed by atoms with Gasteiger partial charge in [-0.3, -0.25) is 4.79 Å². The maximum absolute atomic E-state index is 12.2. The van der Waals surface area contributed by atoms with Crippen LogP contribution in [0.25, 0.3) is 5.57 Å². The number of benzene rings is 1. The molecule has 0 aromatic heterocycles. The van der Waals surface area contributed by atoms with Gasteiger partial charge in [0.1, 0.15) is 5.60 Å². The number of ketones is 1. The number of fused-ring (bicyclic) bond motifs is 2. The fraction of sp³-hybridized carbons (Fsp3) is 0.435. The average Bonchev–Trinajstić information content (AvgIpc) is 3.00. The van der Waals surface area contributed by atoms with E-state index < -0.39 is 22.3 Å². The zero-order valence-corrected chi connectivity index (χ0v) is 18.9. The Morgan fingerprint density at radius 1 is 1.32 bits per heavy atom. The first-order chi connectivity index (χ1) is 14.4. The van der Waals surface area contributed by atoms with Crippen LogP contribution in [0.1, 0.15) is 52.2 Å². The van der Waals surface area contributed by atoms with E-state index in [0.717, 1.165) is 30.6 Å². The lowest BCUT2D eigenvalue weighted by Crippen LogP contribution is -2.53. The van der Waals surface area contributed by atoms with E-state index in [1.54, 1.807) is 27.7 Å². The van der Waals surface area contributed by atoms with Gasteiger partial charge >= 0.3 is 15.0 Å². The topological polar surface area (TPSA) is 93.8 Å². The highest BCUT2D eigenvalue weighted by molar-refractivity contribution is 6.34. The second-order valence-corrected chi connectivity index (χ2v) is 9.32. The van der Waals surface area contributed by atoms with Crippen molar-refractivity contribution in [1.29, 1.82) is 0 Å². The van der Waals surface area contributed by atoms with Gasteiger partial charge in [-0.2, -0.15) is 5.48 Å². The molecule has 0 amide bonds. The zero-order chi connectivity index (χ0) is 23.0. The number of carbonyl (C=O) groups is 1. The highest BCUT2D eigenvalue weighted by atomic mass is 16.7. The third kappa shape index (κ3) is 4.44. The predicted octanol–water partition coefficient (Wildman–Crippen LogP) is 2.53. The van der Waals surface area contributed by atoms with Crippen LogP contribution in [0.2, 0.25) is 0 Å². The Hall–Kier alpha value is -2.12. The summed E-state index contributed by atoms with van der Waals surface area (Å²) in [6, 6.07) is 7.99. The maximum atomic E-state index is 12.2. The maximum Gasteiger partial charge on any atom is 0.331 e. The van der Waals surface area contributed by atoms with Gasteiger partial charge in [0.25, 0.3) is 0 Å². The van der Waals surface area contributed by atoms with Crippen molar-refractivity contribution in [3.63, 3.8) is 0 Å². The summed E-state index contributed by atoms with van der Waals surface area (Å²) in [7, 11) is 2.58. The molecular weight excluding hydrogens is 390 g/mol. The van der Waals surface area contributed by atoms with E-state index in [1.165, 1.54) is 13.1 Å². The summed E-state index contributed by atoms with van der Waals surface area (Å²) < 4.78 is 5.71. The van der Waals surface area contributed by atoms with Gasteiger partial charge in [-0.1, -0.05) is 49.9 Å². The van der Waals surface area contributed by atoms with Crippen molar-refractivity contribution in [2.45, 2.75) is 57.6 Å². The third-order valence-corrected chi connectivity index (χ3v) is 5.69. The molecule has 31 heavy (non-hydrogen) atoms. The highest BCUT2D eigenvalue weighted by Crippen LogP contribution is 2.49. The van der Waals surface area contributed by atoms with Crippen LogP contribution < -0.4 is 11.2 Å². The van der Waals surface area contributed by atoms with Crippen molar-refractivity contribution in [2.75, 3.05) is 0 Å². The molecule has 2 aliphatic rings. The second-order valence-electron chi connectivity index (χ2n) is 9.32. The van der Waals surface area contributed by atoms with Crippen molar-refractivity contribution in [1.82, 2.24) is 5.48 Å². The van der Waals surface area contributed by atoms with Crippen LogP contribution in [-0.4, -0.2) is 36.9 Å². The number of Topliss-reactive ketones (excluding diaryl/α,β-unsaturated/α-hetero) is 1. The van der Waals surface area contributed by atoms with Crippen molar-refractivity contribution in [3.8, 4) is 0 Å². The molecule has 6 nitrogen and oxygen atoms in total. The Bertz CT molecular complexity index is 955. The molecule has 0 fully saturated rings. The lowest BCUT2D eigenvalue weighted by molar-refractivity contribution is -0.129. The van der Waals surface area contributed by atoms with Gasteiger partial charge in [-0.15, -0.1) is 0 Å². The van der Waals surface area contributed by atoms with Gasteiger partial charge in [0, 0.05) is 0 Å². The molecule has 2 unspecified atom stereocenters. The van der Waals surface area contributed by atoms with Crippen LogP contribution in [-0.2, 0) is 19.7 Å². The van der Waals surface area contributed by atoms with E-state index in [0.29, 0.717) is 5.92 Å². The minimum atomic E-state index is -1.18. The number of hydrogen-bond donors (Lipinski definition) is 3.